The molecular formula is C25H29N5O. The number of amides is 1. The van der Waals surface area contributed by atoms with Crippen LogP contribution in [0, 0.1) is 12.8 Å². The van der Waals surface area contributed by atoms with Crippen molar-refractivity contribution in [2.75, 3.05) is 25.5 Å². The molecule has 3 aromatic rings. The van der Waals surface area contributed by atoms with E-state index >= 15 is 0 Å². The standard InChI is InChI=1S/C25H29N5O/c1-17-5-4-6-21(9-17)25(31)30-16-19(10-18(30)2)12-27-24-8-7-20(11-22(24)13-26-3)23-14-28-29-15-23/h4-9,11,13-15,18-19,27H,10,12,16H2,1-3H3,(H,28,29)/t18-,19-/m0/s1. The van der Waals surface area contributed by atoms with Crippen LogP contribution in [0.3, 0.4) is 0 Å². The van der Waals surface area contributed by atoms with E-state index in [1.165, 1.54) is 0 Å². The first kappa shape index (κ1) is 20.8. The Labute approximate surface area is 183 Å². The van der Waals surface area contributed by atoms with Crippen LogP contribution in [0.4, 0.5) is 5.69 Å². The molecule has 1 fully saturated rings. The Morgan fingerprint density at radius 1 is 1.29 bits per heavy atom. The minimum absolute atomic E-state index is 0.127. The molecule has 0 saturated carbocycles. The van der Waals surface area contributed by atoms with Crippen LogP contribution in [-0.4, -0.2) is 53.4 Å². The van der Waals surface area contributed by atoms with Crippen molar-refractivity contribution >= 4 is 17.8 Å². The fourth-order valence-electron chi connectivity index (χ4n) is 4.33. The molecule has 1 aliphatic heterocycles. The quantitative estimate of drug-likeness (QED) is 0.586. The summed E-state index contributed by atoms with van der Waals surface area (Å²) in [5.74, 6) is 0.533. The third kappa shape index (κ3) is 4.68. The Bertz CT molecular complexity index is 1070. The van der Waals surface area contributed by atoms with Crippen molar-refractivity contribution in [2.45, 2.75) is 26.3 Å². The van der Waals surface area contributed by atoms with Crippen LogP contribution in [0.25, 0.3) is 11.1 Å². The second-order valence-corrected chi connectivity index (χ2v) is 8.33. The summed E-state index contributed by atoms with van der Waals surface area (Å²) in [4.78, 5) is 19.2. The van der Waals surface area contributed by atoms with E-state index in [-0.39, 0.29) is 11.9 Å². The van der Waals surface area contributed by atoms with E-state index in [1.54, 1.807) is 7.05 Å². The summed E-state index contributed by atoms with van der Waals surface area (Å²) in [6, 6.07) is 14.4. The minimum Gasteiger partial charge on any atom is -0.384 e. The molecule has 4 rings (SSSR count). The first-order valence-corrected chi connectivity index (χ1v) is 10.7. The molecule has 0 unspecified atom stereocenters. The predicted octanol–water partition coefficient (Wildman–Crippen LogP) is 4.40. The van der Waals surface area contributed by atoms with E-state index in [0.29, 0.717) is 5.92 Å². The number of hydrogen-bond acceptors (Lipinski definition) is 4. The SMILES string of the molecule is CN=Cc1cc(-c2cn[nH]c2)ccc1NC[C@@H]1C[C@H](C)N(C(=O)c2cccc(C)c2)C1. The third-order valence-corrected chi connectivity index (χ3v) is 5.92. The molecule has 2 heterocycles. The normalized spacial score (nSPS) is 18.6. The number of rotatable bonds is 6. The number of anilines is 1. The van der Waals surface area contributed by atoms with Crippen molar-refractivity contribution in [1.29, 1.82) is 0 Å². The van der Waals surface area contributed by atoms with Crippen LogP contribution in [0.15, 0.2) is 59.9 Å². The van der Waals surface area contributed by atoms with E-state index in [9.17, 15) is 4.79 Å². The van der Waals surface area contributed by atoms with E-state index in [4.69, 9.17) is 0 Å². The Balaban J connectivity index is 1.43. The Morgan fingerprint density at radius 3 is 2.90 bits per heavy atom. The molecule has 31 heavy (non-hydrogen) atoms. The number of aryl methyl sites for hydroxylation is 1. The third-order valence-electron chi connectivity index (χ3n) is 5.92. The highest BCUT2D eigenvalue weighted by molar-refractivity contribution is 5.95. The average molecular weight is 416 g/mol. The van der Waals surface area contributed by atoms with Gasteiger partial charge in [-0.2, -0.15) is 5.10 Å². The number of nitrogens with one attached hydrogen (secondary N) is 2. The number of aromatic nitrogens is 2. The number of H-pyrrole nitrogens is 1. The summed E-state index contributed by atoms with van der Waals surface area (Å²) >= 11 is 0. The summed E-state index contributed by atoms with van der Waals surface area (Å²) in [6.45, 7) is 5.75. The predicted molar refractivity (Wildman–Crippen MR) is 126 cm³/mol. The molecule has 0 radical (unpaired) electrons. The molecule has 1 amide bonds. The molecule has 1 aliphatic rings. The Hall–Kier alpha value is -3.41. The van der Waals surface area contributed by atoms with Crippen LogP contribution in [0.2, 0.25) is 0 Å². The number of aromatic amines is 1. The maximum absolute atomic E-state index is 13.0. The Kier molecular flexibility index (Phi) is 6.16. The van der Waals surface area contributed by atoms with Crippen molar-refractivity contribution in [3.63, 3.8) is 0 Å². The maximum Gasteiger partial charge on any atom is 0.254 e. The van der Waals surface area contributed by atoms with Gasteiger partial charge >= 0.3 is 0 Å². The van der Waals surface area contributed by atoms with Gasteiger partial charge in [-0.25, -0.2) is 0 Å². The van der Waals surface area contributed by atoms with Gasteiger partial charge in [-0.15, -0.1) is 0 Å². The van der Waals surface area contributed by atoms with Crippen LogP contribution in [0.1, 0.15) is 34.8 Å². The largest absolute Gasteiger partial charge is 0.384 e. The van der Waals surface area contributed by atoms with Gasteiger partial charge in [0.15, 0.2) is 0 Å². The molecule has 2 aromatic carbocycles. The van der Waals surface area contributed by atoms with E-state index in [2.05, 4.69) is 45.6 Å². The summed E-state index contributed by atoms with van der Waals surface area (Å²) in [6.07, 6.45) is 6.57. The molecule has 2 atom stereocenters. The monoisotopic (exact) mass is 415 g/mol. The highest BCUT2D eigenvalue weighted by Crippen LogP contribution is 2.28. The summed E-state index contributed by atoms with van der Waals surface area (Å²) in [5, 5.41) is 10.5. The molecule has 1 aromatic heterocycles. The van der Waals surface area contributed by atoms with Crippen molar-refractivity contribution in [2.24, 2.45) is 10.9 Å². The molecule has 160 valence electrons. The van der Waals surface area contributed by atoms with Crippen molar-refractivity contribution in [3.05, 3.63) is 71.5 Å². The fraction of sp³-hybridized carbons (Fsp3) is 0.320. The van der Waals surface area contributed by atoms with Gasteiger partial charge in [-0.05, 0) is 56.0 Å². The second-order valence-electron chi connectivity index (χ2n) is 8.33. The minimum atomic E-state index is 0.127. The molecular weight excluding hydrogens is 386 g/mol. The number of hydrogen-bond donors (Lipinski definition) is 2. The lowest BCUT2D eigenvalue weighted by atomic mass is 10.0. The van der Waals surface area contributed by atoms with Crippen LogP contribution >= 0.6 is 0 Å². The van der Waals surface area contributed by atoms with Crippen molar-refractivity contribution in [3.8, 4) is 11.1 Å². The lowest BCUT2D eigenvalue weighted by Gasteiger charge is -2.22. The molecule has 0 aliphatic carbocycles. The van der Waals surface area contributed by atoms with Gasteiger partial charge in [-0.3, -0.25) is 14.9 Å². The number of nitrogens with zero attached hydrogens (tertiary/aromatic N) is 3. The molecule has 6 heteroatoms. The zero-order valence-electron chi connectivity index (χ0n) is 18.3. The van der Waals surface area contributed by atoms with Crippen molar-refractivity contribution in [1.82, 2.24) is 15.1 Å². The number of aliphatic imine (C=N–C) groups is 1. The van der Waals surface area contributed by atoms with Gasteiger partial charge in [0.05, 0.1) is 6.20 Å². The lowest BCUT2D eigenvalue weighted by Crippen LogP contribution is -2.34. The highest BCUT2D eigenvalue weighted by Gasteiger charge is 2.32. The Morgan fingerprint density at radius 2 is 2.16 bits per heavy atom. The van der Waals surface area contributed by atoms with Gasteiger partial charge < -0.3 is 10.2 Å². The summed E-state index contributed by atoms with van der Waals surface area (Å²) in [5.41, 5.74) is 6.12. The van der Waals surface area contributed by atoms with Gasteiger partial charge in [-0.1, -0.05) is 23.8 Å². The lowest BCUT2D eigenvalue weighted by molar-refractivity contribution is 0.0743. The first-order chi connectivity index (χ1) is 15.0. The van der Waals surface area contributed by atoms with Crippen molar-refractivity contribution < 1.29 is 4.79 Å². The number of benzene rings is 2. The second kappa shape index (κ2) is 9.16. The van der Waals surface area contributed by atoms with Gasteiger partial charge in [0.1, 0.15) is 0 Å². The molecule has 6 nitrogen and oxygen atoms in total. The molecule has 1 saturated heterocycles. The van der Waals surface area contributed by atoms with Gasteiger partial charge in [0.25, 0.3) is 5.91 Å². The summed E-state index contributed by atoms with van der Waals surface area (Å²) in [7, 11) is 1.78. The van der Waals surface area contributed by atoms with Crippen LogP contribution in [0.5, 0.6) is 0 Å². The number of carbonyl (C=O) groups is 1. The van der Waals surface area contributed by atoms with E-state index in [0.717, 1.165) is 53.0 Å². The van der Waals surface area contributed by atoms with Crippen LogP contribution < -0.4 is 5.32 Å². The summed E-state index contributed by atoms with van der Waals surface area (Å²) < 4.78 is 0. The zero-order chi connectivity index (χ0) is 21.8. The fourth-order valence-corrected chi connectivity index (χ4v) is 4.33. The molecule has 0 bridgehead atoms. The highest BCUT2D eigenvalue weighted by atomic mass is 16.2. The van der Waals surface area contributed by atoms with Crippen LogP contribution in [-0.2, 0) is 0 Å². The van der Waals surface area contributed by atoms with Gasteiger partial charge in [0.2, 0.25) is 0 Å². The molecule has 2 N–H and O–H groups in total. The average Bonchev–Trinajstić information content (AvgIpc) is 3.42. The maximum atomic E-state index is 13.0. The van der Waals surface area contributed by atoms with Gasteiger partial charge in [0, 0.05) is 61.0 Å². The topological polar surface area (TPSA) is 73.4 Å². The van der Waals surface area contributed by atoms with E-state index < -0.39 is 0 Å². The van der Waals surface area contributed by atoms with E-state index in [1.807, 2.05) is 54.7 Å². The molecule has 0 spiro atoms. The smallest absolute Gasteiger partial charge is 0.254 e. The number of carbonyl (C=O) groups excluding carboxylic acids is 1. The first-order valence-electron chi connectivity index (χ1n) is 10.7. The zero-order valence-corrected chi connectivity index (χ0v) is 18.3. The number of likely N-dealkylation sites (tertiary alicyclic amines) is 1.